The van der Waals surface area contributed by atoms with Crippen molar-refractivity contribution >= 4 is 11.6 Å². The molecular weight excluding hydrogens is 178 g/mol. The number of nitrogens with one attached hydrogen (secondary N) is 1. The molecule has 2 rings (SSSR count). The summed E-state index contributed by atoms with van der Waals surface area (Å²) < 4.78 is 0. The third kappa shape index (κ3) is 1.64. The van der Waals surface area contributed by atoms with Crippen LogP contribution in [0.2, 0.25) is 0 Å². The number of Topliss-reactive ketones (excluding diaryl/α,β-unsaturated/α-hetero) is 1. The standard InChI is InChI=1S/C11H15NO2/c1-2-11(14)9-6-8(13)5-7-3-4-10(9)12-7/h6-7,10,12H,2-5H2,1H3/t7-,10+/m0/s1. The zero-order valence-electron chi connectivity index (χ0n) is 8.38. The summed E-state index contributed by atoms with van der Waals surface area (Å²) in [4.78, 5) is 23.0. The van der Waals surface area contributed by atoms with E-state index in [1.807, 2.05) is 6.92 Å². The number of carbonyl (C=O) groups excluding carboxylic acids is 2. The second-order valence-corrected chi connectivity index (χ2v) is 4.04. The topological polar surface area (TPSA) is 46.2 Å². The number of ketones is 2. The maximum atomic E-state index is 11.6. The molecule has 2 heterocycles. The van der Waals surface area contributed by atoms with Gasteiger partial charge in [-0.3, -0.25) is 9.59 Å². The molecule has 2 atom stereocenters. The van der Waals surface area contributed by atoms with Gasteiger partial charge in [0.25, 0.3) is 0 Å². The molecular formula is C11H15NO2. The highest BCUT2D eigenvalue weighted by atomic mass is 16.1. The molecule has 76 valence electrons. The molecule has 0 saturated carbocycles. The number of rotatable bonds is 2. The quantitative estimate of drug-likeness (QED) is 0.711. The number of hydrogen-bond acceptors (Lipinski definition) is 3. The van der Waals surface area contributed by atoms with E-state index < -0.39 is 0 Å². The number of fused-ring (bicyclic) bond motifs is 2. The molecule has 0 unspecified atom stereocenters. The first-order chi connectivity index (χ1) is 6.70. The summed E-state index contributed by atoms with van der Waals surface area (Å²) in [5.74, 6) is 0.208. The Balaban J connectivity index is 2.27. The van der Waals surface area contributed by atoms with Gasteiger partial charge in [-0.1, -0.05) is 6.92 Å². The molecule has 0 spiro atoms. The molecule has 0 radical (unpaired) electrons. The minimum atomic E-state index is 0.0986. The Labute approximate surface area is 83.6 Å². The summed E-state index contributed by atoms with van der Waals surface area (Å²) in [6, 6.07) is 0.435. The lowest BCUT2D eigenvalue weighted by atomic mass is 9.95. The molecule has 3 nitrogen and oxygen atoms in total. The largest absolute Gasteiger partial charge is 0.307 e. The first-order valence-electron chi connectivity index (χ1n) is 5.24. The van der Waals surface area contributed by atoms with Crippen LogP contribution in [0.15, 0.2) is 11.6 Å². The lowest BCUT2D eigenvalue weighted by molar-refractivity contribution is -0.117. The Morgan fingerprint density at radius 1 is 1.57 bits per heavy atom. The minimum Gasteiger partial charge on any atom is -0.307 e. The average molecular weight is 193 g/mol. The normalized spacial score (nSPS) is 31.2. The zero-order valence-corrected chi connectivity index (χ0v) is 8.38. The van der Waals surface area contributed by atoms with Crippen molar-refractivity contribution in [2.75, 3.05) is 0 Å². The predicted octanol–water partition coefficient (Wildman–Crippen LogP) is 0.985. The van der Waals surface area contributed by atoms with Gasteiger partial charge < -0.3 is 5.32 Å². The first-order valence-corrected chi connectivity index (χ1v) is 5.24. The van der Waals surface area contributed by atoms with E-state index in [-0.39, 0.29) is 17.6 Å². The van der Waals surface area contributed by atoms with Crippen LogP contribution >= 0.6 is 0 Å². The van der Waals surface area contributed by atoms with Crippen LogP contribution in [0.5, 0.6) is 0 Å². The van der Waals surface area contributed by atoms with E-state index in [0.717, 1.165) is 12.8 Å². The van der Waals surface area contributed by atoms with Crippen LogP contribution in [-0.2, 0) is 9.59 Å². The fourth-order valence-electron chi connectivity index (χ4n) is 2.28. The van der Waals surface area contributed by atoms with E-state index in [4.69, 9.17) is 0 Å². The Morgan fingerprint density at radius 2 is 2.36 bits per heavy atom. The predicted molar refractivity (Wildman–Crippen MR) is 53.0 cm³/mol. The van der Waals surface area contributed by atoms with Gasteiger partial charge in [0, 0.05) is 30.5 Å². The van der Waals surface area contributed by atoms with Gasteiger partial charge in [-0.25, -0.2) is 0 Å². The monoisotopic (exact) mass is 193 g/mol. The van der Waals surface area contributed by atoms with E-state index >= 15 is 0 Å². The molecule has 1 fully saturated rings. The summed E-state index contributed by atoms with van der Waals surface area (Å²) in [5, 5.41) is 3.34. The molecule has 0 amide bonds. The van der Waals surface area contributed by atoms with Gasteiger partial charge in [-0.05, 0) is 18.9 Å². The molecule has 0 aromatic rings. The van der Waals surface area contributed by atoms with Gasteiger partial charge in [0.05, 0.1) is 0 Å². The molecule has 0 aromatic heterocycles. The molecule has 3 heteroatoms. The Kier molecular flexibility index (Phi) is 2.50. The van der Waals surface area contributed by atoms with Crippen molar-refractivity contribution in [1.29, 1.82) is 0 Å². The molecule has 2 aliphatic rings. The summed E-state index contributed by atoms with van der Waals surface area (Å²) in [5.41, 5.74) is 0.706. The van der Waals surface area contributed by atoms with Crippen molar-refractivity contribution in [3.05, 3.63) is 11.6 Å². The van der Waals surface area contributed by atoms with Gasteiger partial charge in [0.1, 0.15) is 0 Å². The van der Waals surface area contributed by atoms with E-state index in [0.29, 0.717) is 24.5 Å². The van der Waals surface area contributed by atoms with Crippen molar-refractivity contribution in [3.8, 4) is 0 Å². The van der Waals surface area contributed by atoms with Crippen LogP contribution in [0.4, 0.5) is 0 Å². The summed E-state index contributed by atoms with van der Waals surface area (Å²) in [6.45, 7) is 1.84. The highest BCUT2D eigenvalue weighted by Crippen LogP contribution is 2.25. The molecule has 0 aliphatic carbocycles. The first kappa shape index (κ1) is 9.59. The molecule has 2 bridgehead atoms. The van der Waals surface area contributed by atoms with E-state index in [1.54, 1.807) is 6.08 Å². The smallest absolute Gasteiger partial charge is 0.160 e. The van der Waals surface area contributed by atoms with Gasteiger partial charge in [-0.2, -0.15) is 0 Å². The summed E-state index contributed by atoms with van der Waals surface area (Å²) in [7, 11) is 0. The van der Waals surface area contributed by atoms with Crippen LogP contribution in [0.3, 0.4) is 0 Å². The fourth-order valence-corrected chi connectivity index (χ4v) is 2.28. The number of carbonyl (C=O) groups is 2. The van der Waals surface area contributed by atoms with Crippen LogP contribution in [0.25, 0.3) is 0 Å². The SMILES string of the molecule is CCC(=O)C1=CC(=O)C[C@@H]2CC[C@H]1N2. The van der Waals surface area contributed by atoms with Crippen molar-refractivity contribution in [2.24, 2.45) is 0 Å². The molecule has 2 aliphatic heterocycles. The van der Waals surface area contributed by atoms with Crippen LogP contribution in [-0.4, -0.2) is 23.7 Å². The van der Waals surface area contributed by atoms with Gasteiger partial charge in [0.2, 0.25) is 0 Å². The van der Waals surface area contributed by atoms with Gasteiger partial charge >= 0.3 is 0 Å². The third-order valence-corrected chi connectivity index (χ3v) is 3.02. The molecule has 0 aromatic carbocycles. The minimum absolute atomic E-state index is 0.0986. The van der Waals surface area contributed by atoms with Crippen molar-refractivity contribution in [3.63, 3.8) is 0 Å². The van der Waals surface area contributed by atoms with Gasteiger partial charge in [0.15, 0.2) is 11.6 Å². The van der Waals surface area contributed by atoms with Crippen molar-refractivity contribution in [2.45, 2.75) is 44.7 Å². The Morgan fingerprint density at radius 3 is 3.07 bits per heavy atom. The van der Waals surface area contributed by atoms with Crippen LogP contribution < -0.4 is 5.32 Å². The molecule has 1 N–H and O–H groups in total. The maximum absolute atomic E-state index is 11.6. The lowest BCUT2D eigenvalue weighted by Gasteiger charge is -2.12. The Hall–Kier alpha value is -0.960. The summed E-state index contributed by atoms with van der Waals surface area (Å²) in [6.07, 6.45) is 4.61. The van der Waals surface area contributed by atoms with Gasteiger partial charge in [-0.15, -0.1) is 0 Å². The van der Waals surface area contributed by atoms with Crippen molar-refractivity contribution in [1.82, 2.24) is 5.32 Å². The van der Waals surface area contributed by atoms with Crippen LogP contribution in [0.1, 0.15) is 32.6 Å². The lowest BCUT2D eigenvalue weighted by Crippen LogP contribution is -2.31. The molecule has 14 heavy (non-hydrogen) atoms. The number of hydrogen-bond donors (Lipinski definition) is 1. The van der Waals surface area contributed by atoms with E-state index in [9.17, 15) is 9.59 Å². The van der Waals surface area contributed by atoms with E-state index in [1.165, 1.54) is 0 Å². The number of allylic oxidation sites excluding steroid dienone is 1. The third-order valence-electron chi connectivity index (χ3n) is 3.02. The highest BCUT2D eigenvalue weighted by molar-refractivity contribution is 6.04. The fraction of sp³-hybridized carbons (Fsp3) is 0.636. The second kappa shape index (κ2) is 3.65. The van der Waals surface area contributed by atoms with Crippen molar-refractivity contribution < 1.29 is 9.59 Å². The maximum Gasteiger partial charge on any atom is 0.160 e. The van der Waals surface area contributed by atoms with E-state index in [2.05, 4.69) is 5.32 Å². The Bertz CT molecular complexity index is 306. The average Bonchev–Trinajstić information content (AvgIpc) is 2.53. The zero-order chi connectivity index (χ0) is 10.1. The second-order valence-electron chi connectivity index (χ2n) is 4.04. The van der Waals surface area contributed by atoms with Crippen LogP contribution in [0, 0.1) is 0 Å². The molecule has 1 saturated heterocycles. The summed E-state index contributed by atoms with van der Waals surface area (Å²) >= 11 is 0. The highest BCUT2D eigenvalue weighted by Gasteiger charge is 2.33.